The van der Waals surface area contributed by atoms with Gasteiger partial charge in [-0.15, -0.1) is 6.58 Å². The lowest BCUT2D eigenvalue weighted by Gasteiger charge is -2.33. The highest BCUT2D eigenvalue weighted by atomic mass is 16.5. The van der Waals surface area contributed by atoms with Crippen molar-refractivity contribution in [2.24, 2.45) is 10.9 Å². The van der Waals surface area contributed by atoms with E-state index in [1.54, 1.807) is 7.11 Å². The van der Waals surface area contributed by atoms with E-state index in [-0.39, 0.29) is 29.7 Å². The molecule has 5 heteroatoms. The van der Waals surface area contributed by atoms with Crippen LogP contribution in [-0.4, -0.2) is 47.4 Å². The number of aliphatic imine (C=N–C) groups is 1. The van der Waals surface area contributed by atoms with E-state index < -0.39 is 0 Å². The van der Waals surface area contributed by atoms with Crippen LogP contribution in [0.4, 0.5) is 0 Å². The number of carbonyl (C=O) groups is 1. The Balaban J connectivity index is 1.79. The molecule has 5 nitrogen and oxygen atoms in total. The van der Waals surface area contributed by atoms with E-state index >= 15 is 0 Å². The Hall–Kier alpha value is -1.78. The van der Waals surface area contributed by atoms with Crippen LogP contribution in [0, 0.1) is 5.92 Å². The van der Waals surface area contributed by atoms with Crippen molar-refractivity contribution in [1.29, 1.82) is 0 Å². The van der Waals surface area contributed by atoms with E-state index in [1.165, 1.54) is 0 Å². The number of nitrogens with zero attached hydrogens (tertiary/aromatic N) is 2. The highest BCUT2D eigenvalue weighted by Crippen LogP contribution is 2.38. The van der Waals surface area contributed by atoms with Crippen LogP contribution >= 0.6 is 0 Å². The molecule has 1 N–H and O–H groups in total. The molecule has 1 fully saturated rings. The zero-order valence-electron chi connectivity index (χ0n) is 13.8. The minimum absolute atomic E-state index is 0.120. The molecule has 23 heavy (non-hydrogen) atoms. The van der Waals surface area contributed by atoms with Gasteiger partial charge in [-0.1, -0.05) is 6.08 Å². The van der Waals surface area contributed by atoms with Gasteiger partial charge in [-0.2, -0.15) is 0 Å². The van der Waals surface area contributed by atoms with Crippen LogP contribution in [0.15, 0.2) is 29.2 Å². The average molecular weight is 318 g/mol. The molecule has 2 aliphatic heterocycles. The molecule has 0 saturated carbocycles. The van der Waals surface area contributed by atoms with Crippen molar-refractivity contribution < 1.29 is 14.6 Å². The number of hydrogen-bond acceptors (Lipinski definition) is 4. The van der Waals surface area contributed by atoms with Crippen LogP contribution < -0.4 is 0 Å². The fourth-order valence-electron chi connectivity index (χ4n) is 4.10. The van der Waals surface area contributed by atoms with Gasteiger partial charge in [0.15, 0.2) is 0 Å². The summed E-state index contributed by atoms with van der Waals surface area (Å²) in [6.45, 7) is 3.77. The van der Waals surface area contributed by atoms with E-state index in [4.69, 9.17) is 4.74 Å². The molecule has 4 atom stereocenters. The fraction of sp³-hybridized carbons (Fsp3) is 0.667. The summed E-state index contributed by atoms with van der Waals surface area (Å²) in [6.07, 6.45) is 9.86. The number of ether oxygens (including phenoxy) is 1. The van der Waals surface area contributed by atoms with Gasteiger partial charge in [0.2, 0.25) is 5.91 Å². The predicted octanol–water partition coefficient (Wildman–Crippen LogP) is 2.98. The summed E-state index contributed by atoms with van der Waals surface area (Å²) in [7, 11) is 1.55. The van der Waals surface area contributed by atoms with Gasteiger partial charge in [-0.3, -0.25) is 9.79 Å². The Kier molecular flexibility index (Phi) is 4.74. The maximum Gasteiger partial charge on any atom is 0.229 e. The number of rotatable bonds is 5. The van der Waals surface area contributed by atoms with Crippen LogP contribution in [0.2, 0.25) is 0 Å². The lowest BCUT2D eigenvalue weighted by atomic mass is 9.86. The van der Waals surface area contributed by atoms with Gasteiger partial charge in [0.1, 0.15) is 11.5 Å². The van der Waals surface area contributed by atoms with Gasteiger partial charge in [-0.25, -0.2) is 0 Å². The molecule has 0 aromatic heterocycles. The monoisotopic (exact) mass is 318 g/mol. The highest BCUT2D eigenvalue weighted by molar-refractivity contribution is 5.86. The zero-order valence-corrected chi connectivity index (χ0v) is 13.8. The molecule has 1 aliphatic carbocycles. The molecular weight excluding hydrogens is 292 g/mol. The van der Waals surface area contributed by atoms with Gasteiger partial charge in [0.05, 0.1) is 25.1 Å². The van der Waals surface area contributed by atoms with Crippen LogP contribution in [0.1, 0.15) is 44.9 Å². The third kappa shape index (κ3) is 3.01. The van der Waals surface area contributed by atoms with Gasteiger partial charge < -0.3 is 14.7 Å². The summed E-state index contributed by atoms with van der Waals surface area (Å²) in [4.78, 5) is 19.8. The van der Waals surface area contributed by atoms with Crippen molar-refractivity contribution in [3.8, 4) is 0 Å². The zero-order chi connectivity index (χ0) is 16.4. The molecule has 0 aromatic carbocycles. The molecular formula is C18H26N2O3. The molecule has 0 spiro atoms. The molecule has 0 bridgehead atoms. The van der Waals surface area contributed by atoms with Crippen molar-refractivity contribution in [2.45, 2.75) is 63.1 Å². The van der Waals surface area contributed by atoms with Gasteiger partial charge in [0.25, 0.3) is 0 Å². The number of hydrogen-bond donors (Lipinski definition) is 1. The third-order valence-corrected chi connectivity index (χ3v) is 5.35. The lowest BCUT2D eigenvalue weighted by Crippen LogP contribution is -2.46. The molecule has 1 unspecified atom stereocenters. The van der Waals surface area contributed by atoms with Crippen molar-refractivity contribution in [3.05, 3.63) is 24.2 Å². The molecule has 3 aliphatic rings. The van der Waals surface area contributed by atoms with E-state index in [0.29, 0.717) is 24.6 Å². The van der Waals surface area contributed by atoms with Crippen molar-refractivity contribution in [2.75, 3.05) is 7.11 Å². The smallest absolute Gasteiger partial charge is 0.229 e. The third-order valence-electron chi connectivity index (χ3n) is 5.35. The maximum absolute atomic E-state index is 13.1. The first-order valence-corrected chi connectivity index (χ1v) is 8.57. The molecule has 1 amide bonds. The van der Waals surface area contributed by atoms with Crippen molar-refractivity contribution in [3.63, 3.8) is 0 Å². The van der Waals surface area contributed by atoms with Crippen LogP contribution in [0.25, 0.3) is 0 Å². The Bertz CT molecular complexity index is 540. The highest BCUT2D eigenvalue weighted by Gasteiger charge is 2.45. The fourth-order valence-corrected chi connectivity index (χ4v) is 4.10. The molecule has 0 radical (unpaired) electrons. The standard InChI is InChI=1S/C18H26N2O3/c1-3-4-5-6-12-7-8-13-11-19-15-10-16(21)17(23-2)9-14(15)18(22)20(12)13/h3,11-15,21H,1,4-10H2,2H3/t12-,13-,14+,15?/m0/s1. The average Bonchev–Trinajstić information content (AvgIpc) is 2.89. The first-order valence-electron chi connectivity index (χ1n) is 8.57. The Morgan fingerprint density at radius 1 is 1.48 bits per heavy atom. The summed E-state index contributed by atoms with van der Waals surface area (Å²) < 4.78 is 5.26. The number of allylic oxidation sites excluding steroid dienone is 2. The van der Waals surface area contributed by atoms with E-state index in [2.05, 4.69) is 16.5 Å². The van der Waals surface area contributed by atoms with Gasteiger partial charge in [-0.05, 0) is 32.1 Å². The normalized spacial score (nSPS) is 33.3. The number of aliphatic hydroxyl groups is 1. The number of unbranched alkanes of at least 4 members (excludes halogenated alkanes) is 1. The number of carbonyl (C=O) groups excluding carboxylic acids is 1. The first kappa shape index (κ1) is 16.1. The molecule has 0 aromatic rings. The summed E-state index contributed by atoms with van der Waals surface area (Å²) >= 11 is 0. The number of methoxy groups -OCH3 is 1. The SMILES string of the molecule is C=CCCC[C@H]1CC[C@H]2C=NC3CC(O)=C(OC)C[C@H]3C(=O)N12. The van der Waals surface area contributed by atoms with Crippen LogP contribution in [0.3, 0.4) is 0 Å². The topological polar surface area (TPSA) is 62.1 Å². The first-order chi connectivity index (χ1) is 11.2. The van der Waals surface area contributed by atoms with E-state index in [9.17, 15) is 9.90 Å². The van der Waals surface area contributed by atoms with Gasteiger partial charge >= 0.3 is 0 Å². The minimum Gasteiger partial charge on any atom is -0.509 e. The van der Waals surface area contributed by atoms with Crippen LogP contribution in [-0.2, 0) is 9.53 Å². The Morgan fingerprint density at radius 3 is 3.04 bits per heavy atom. The second-order valence-electron chi connectivity index (χ2n) is 6.72. The largest absolute Gasteiger partial charge is 0.509 e. The number of amides is 1. The van der Waals surface area contributed by atoms with Crippen LogP contribution in [0.5, 0.6) is 0 Å². The maximum atomic E-state index is 13.1. The quantitative estimate of drug-likeness (QED) is 0.626. The van der Waals surface area contributed by atoms with E-state index in [1.807, 2.05) is 12.3 Å². The predicted molar refractivity (Wildman–Crippen MR) is 89.4 cm³/mol. The second-order valence-corrected chi connectivity index (χ2v) is 6.72. The summed E-state index contributed by atoms with van der Waals surface area (Å²) in [5.74, 6) is 0.752. The summed E-state index contributed by atoms with van der Waals surface area (Å²) in [6, 6.07) is 0.277. The van der Waals surface area contributed by atoms with Gasteiger partial charge in [0, 0.05) is 25.1 Å². The van der Waals surface area contributed by atoms with Crippen molar-refractivity contribution in [1.82, 2.24) is 4.90 Å². The Labute approximate surface area is 137 Å². The number of fused-ring (bicyclic) bond motifs is 2. The summed E-state index contributed by atoms with van der Waals surface area (Å²) in [5, 5.41) is 10.0. The summed E-state index contributed by atoms with van der Waals surface area (Å²) in [5.41, 5.74) is 0. The molecule has 2 heterocycles. The molecule has 3 rings (SSSR count). The molecule has 126 valence electrons. The Morgan fingerprint density at radius 2 is 2.30 bits per heavy atom. The number of aliphatic hydroxyl groups excluding tert-OH is 1. The van der Waals surface area contributed by atoms with E-state index in [0.717, 1.165) is 32.1 Å². The molecule has 1 saturated heterocycles. The van der Waals surface area contributed by atoms with Crippen molar-refractivity contribution >= 4 is 12.1 Å². The second kappa shape index (κ2) is 6.77. The minimum atomic E-state index is -0.206. The lowest BCUT2D eigenvalue weighted by molar-refractivity contribution is -0.138.